The summed E-state index contributed by atoms with van der Waals surface area (Å²) in [7, 11) is 0. The van der Waals surface area contributed by atoms with Crippen LogP contribution in [0.25, 0.3) is 0 Å². The highest BCUT2D eigenvalue weighted by atomic mass is 35.5. The number of benzene rings is 2. The van der Waals surface area contributed by atoms with Crippen molar-refractivity contribution in [1.82, 2.24) is 10.9 Å². The van der Waals surface area contributed by atoms with Crippen LogP contribution < -0.4 is 16.2 Å². The first-order valence-corrected chi connectivity index (χ1v) is 7.08. The van der Waals surface area contributed by atoms with Crippen LogP contribution in [0.2, 0.25) is 5.02 Å². The average molecular weight is 320 g/mol. The molecule has 0 unspecified atom stereocenters. The maximum absolute atomic E-state index is 11.8. The highest BCUT2D eigenvalue weighted by Gasteiger charge is 2.06. The van der Waals surface area contributed by atoms with Crippen molar-refractivity contribution in [2.24, 2.45) is 0 Å². The van der Waals surface area contributed by atoms with Crippen molar-refractivity contribution in [3.63, 3.8) is 0 Å². The topological polar surface area (TPSA) is 53.2 Å². The van der Waals surface area contributed by atoms with E-state index in [-0.39, 0.29) is 12.3 Å². The fourth-order valence-electron chi connectivity index (χ4n) is 1.67. The zero-order chi connectivity index (χ0) is 15.1. The van der Waals surface area contributed by atoms with Gasteiger partial charge in [0.1, 0.15) is 0 Å². The predicted octanol–water partition coefficient (Wildman–Crippen LogP) is 2.90. The molecule has 1 amide bonds. The van der Waals surface area contributed by atoms with Crippen molar-refractivity contribution in [2.45, 2.75) is 6.42 Å². The lowest BCUT2D eigenvalue weighted by Crippen LogP contribution is -2.44. The number of nitrogens with one attached hydrogen (secondary N) is 3. The van der Waals surface area contributed by atoms with Crippen LogP contribution in [-0.4, -0.2) is 11.0 Å². The van der Waals surface area contributed by atoms with Gasteiger partial charge >= 0.3 is 0 Å². The Morgan fingerprint density at radius 3 is 2.38 bits per heavy atom. The monoisotopic (exact) mass is 319 g/mol. The summed E-state index contributed by atoms with van der Waals surface area (Å²) in [6.07, 6.45) is 0.181. The van der Waals surface area contributed by atoms with Crippen LogP contribution in [0.15, 0.2) is 54.6 Å². The number of hydrogen-bond acceptors (Lipinski definition) is 2. The molecule has 2 aromatic rings. The van der Waals surface area contributed by atoms with Gasteiger partial charge in [0.05, 0.1) is 6.42 Å². The molecule has 0 aromatic heterocycles. The number of carbonyl (C=O) groups is 1. The fourth-order valence-corrected chi connectivity index (χ4v) is 2.04. The lowest BCUT2D eigenvalue weighted by molar-refractivity contribution is -0.120. The minimum atomic E-state index is -0.222. The molecule has 2 aromatic carbocycles. The standard InChI is InChI=1S/C15H14ClN3OS/c16-13-9-5-4-6-11(13)10-14(20)18-19-15(21)17-12-7-2-1-3-8-12/h1-9H,10H2,(H,18,20)(H2,17,19,21). The van der Waals surface area contributed by atoms with Gasteiger partial charge in [-0.25, -0.2) is 0 Å². The van der Waals surface area contributed by atoms with Crippen molar-refractivity contribution in [3.8, 4) is 0 Å². The summed E-state index contributed by atoms with van der Waals surface area (Å²) < 4.78 is 0. The lowest BCUT2D eigenvalue weighted by Gasteiger charge is -2.11. The van der Waals surface area contributed by atoms with Crippen molar-refractivity contribution >= 4 is 40.5 Å². The number of hydrogen-bond donors (Lipinski definition) is 3. The van der Waals surface area contributed by atoms with E-state index < -0.39 is 0 Å². The molecule has 0 aliphatic carbocycles. The molecule has 0 heterocycles. The van der Waals surface area contributed by atoms with Crippen LogP contribution in [0.4, 0.5) is 5.69 Å². The van der Waals surface area contributed by atoms with Crippen molar-refractivity contribution in [3.05, 3.63) is 65.2 Å². The average Bonchev–Trinajstić information content (AvgIpc) is 2.49. The molecule has 4 nitrogen and oxygen atoms in total. The Hall–Kier alpha value is -2.11. The summed E-state index contributed by atoms with van der Waals surface area (Å²) >= 11 is 11.1. The number of rotatable bonds is 3. The van der Waals surface area contributed by atoms with Crippen LogP contribution >= 0.6 is 23.8 Å². The van der Waals surface area contributed by atoms with Crippen LogP contribution in [0.5, 0.6) is 0 Å². The van der Waals surface area contributed by atoms with E-state index in [2.05, 4.69) is 16.2 Å². The number of anilines is 1. The second-order valence-corrected chi connectivity index (χ2v) is 5.08. The van der Waals surface area contributed by atoms with Crippen LogP contribution in [0, 0.1) is 0 Å². The Kier molecular flexibility index (Phi) is 5.54. The van der Waals surface area contributed by atoms with Gasteiger partial charge in [0, 0.05) is 10.7 Å². The number of carbonyl (C=O) groups excluding carboxylic acids is 1. The molecule has 0 spiro atoms. The first kappa shape index (κ1) is 15.3. The van der Waals surface area contributed by atoms with Gasteiger partial charge in [0.2, 0.25) is 5.91 Å². The van der Waals surface area contributed by atoms with E-state index in [1.807, 2.05) is 48.5 Å². The number of amides is 1. The molecule has 0 bridgehead atoms. The Bertz CT molecular complexity index is 634. The summed E-state index contributed by atoms with van der Waals surface area (Å²) in [4.78, 5) is 11.8. The molecule has 0 radical (unpaired) electrons. The van der Waals surface area contributed by atoms with Gasteiger partial charge in [-0.15, -0.1) is 0 Å². The molecule has 0 aliphatic rings. The van der Waals surface area contributed by atoms with Gasteiger partial charge in [0.15, 0.2) is 5.11 Å². The van der Waals surface area contributed by atoms with Gasteiger partial charge in [-0.2, -0.15) is 0 Å². The van der Waals surface area contributed by atoms with E-state index in [4.69, 9.17) is 23.8 Å². The number of thiocarbonyl (C=S) groups is 1. The van der Waals surface area contributed by atoms with E-state index in [1.54, 1.807) is 6.07 Å². The smallest absolute Gasteiger partial charge is 0.242 e. The van der Waals surface area contributed by atoms with Gasteiger partial charge in [-0.1, -0.05) is 48.0 Å². The molecule has 6 heteroatoms. The quantitative estimate of drug-likeness (QED) is 0.601. The highest BCUT2D eigenvalue weighted by Crippen LogP contribution is 2.15. The summed E-state index contributed by atoms with van der Waals surface area (Å²) in [5.74, 6) is -0.222. The van der Waals surface area contributed by atoms with Crippen LogP contribution in [0.3, 0.4) is 0 Å². The van der Waals surface area contributed by atoms with Gasteiger partial charge in [-0.05, 0) is 36.0 Å². The van der Waals surface area contributed by atoms with Crippen LogP contribution in [0.1, 0.15) is 5.56 Å². The molecule has 0 aliphatic heterocycles. The number of hydrazine groups is 1. The van der Waals surface area contributed by atoms with Crippen LogP contribution in [-0.2, 0) is 11.2 Å². The number of halogens is 1. The summed E-state index contributed by atoms with van der Waals surface area (Å²) in [5.41, 5.74) is 6.78. The Labute approximate surface area is 133 Å². The second-order valence-electron chi connectivity index (χ2n) is 4.26. The van der Waals surface area contributed by atoms with Crippen molar-refractivity contribution in [1.29, 1.82) is 0 Å². The first-order valence-electron chi connectivity index (χ1n) is 6.29. The maximum atomic E-state index is 11.8. The van der Waals surface area contributed by atoms with E-state index in [0.29, 0.717) is 10.1 Å². The Balaban J connectivity index is 1.79. The molecule has 0 saturated heterocycles. The first-order chi connectivity index (χ1) is 10.1. The molecular formula is C15H14ClN3OS. The zero-order valence-electron chi connectivity index (χ0n) is 11.1. The SMILES string of the molecule is O=C(Cc1ccccc1Cl)NNC(=S)Nc1ccccc1. The van der Waals surface area contributed by atoms with Gasteiger partial charge in [0.25, 0.3) is 0 Å². The Morgan fingerprint density at radius 2 is 1.67 bits per heavy atom. The molecule has 2 rings (SSSR count). The highest BCUT2D eigenvalue weighted by molar-refractivity contribution is 7.80. The summed E-state index contributed by atoms with van der Waals surface area (Å²) in [6, 6.07) is 16.7. The molecule has 108 valence electrons. The summed E-state index contributed by atoms with van der Waals surface area (Å²) in [6.45, 7) is 0. The predicted molar refractivity (Wildman–Crippen MR) is 89.1 cm³/mol. The zero-order valence-corrected chi connectivity index (χ0v) is 12.7. The van der Waals surface area contributed by atoms with Gasteiger partial charge < -0.3 is 5.32 Å². The Morgan fingerprint density at radius 1 is 1.00 bits per heavy atom. The second kappa shape index (κ2) is 7.61. The minimum absolute atomic E-state index is 0.181. The lowest BCUT2D eigenvalue weighted by atomic mass is 10.1. The fraction of sp³-hybridized carbons (Fsp3) is 0.0667. The molecule has 0 fully saturated rings. The summed E-state index contributed by atoms with van der Waals surface area (Å²) in [5, 5.41) is 3.83. The molecular weight excluding hydrogens is 306 g/mol. The normalized spacial score (nSPS) is 9.76. The largest absolute Gasteiger partial charge is 0.331 e. The number of para-hydroxylation sites is 1. The minimum Gasteiger partial charge on any atom is -0.331 e. The maximum Gasteiger partial charge on any atom is 0.242 e. The third-order valence-corrected chi connectivity index (χ3v) is 3.23. The molecule has 3 N–H and O–H groups in total. The van der Waals surface area contributed by atoms with Crippen molar-refractivity contribution < 1.29 is 4.79 Å². The van der Waals surface area contributed by atoms with Gasteiger partial charge in [-0.3, -0.25) is 15.6 Å². The van der Waals surface area contributed by atoms with E-state index >= 15 is 0 Å². The van der Waals surface area contributed by atoms with E-state index in [0.717, 1.165) is 11.3 Å². The van der Waals surface area contributed by atoms with E-state index in [1.165, 1.54) is 0 Å². The molecule has 21 heavy (non-hydrogen) atoms. The van der Waals surface area contributed by atoms with Crippen molar-refractivity contribution in [2.75, 3.05) is 5.32 Å². The molecule has 0 saturated carbocycles. The third kappa shape index (κ3) is 5.06. The van der Waals surface area contributed by atoms with E-state index in [9.17, 15) is 4.79 Å². The molecule has 0 atom stereocenters. The third-order valence-electron chi connectivity index (χ3n) is 2.66.